The van der Waals surface area contributed by atoms with E-state index in [9.17, 15) is 4.39 Å². The maximum atomic E-state index is 14.7. The van der Waals surface area contributed by atoms with Crippen molar-refractivity contribution in [1.82, 2.24) is 0 Å². The second kappa shape index (κ2) is 6.39. The second-order valence-electron chi connectivity index (χ2n) is 4.48. The van der Waals surface area contributed by atoms with E-state index in [4.69, 9.17) is 58.0 Å². The third-order valence-corrected chi connectivity index (χ3v) is 5.22. The van der Waals surface area contributed by atoms with E-state index < -0.39 is 5.82 Å². The standard InChI is InChI=1S/C14H9Cl5FN/c1-21(2)7-5-3-4-6(14(7)20)8-9(15)11(17)13(19)12(18)10(8)16/h3-5H,1-2H3. The van der Waals surface area contributed by atoms with Gasteiger partial charge >= 0.3 is 0 Å². The van der Waals surface area contributed by atoms with Crippen LogP contribution in [0.3, 0.4) is 0 Å². The maximum Gasteiger partial charge on any atom is 0.154 e. The molecule has 0 atom stereocenters. The molecule has 0 aliphatic carbocycles. The van der Waals surface area contributed by atoms with E-state index in [0.29, 0.717) is 5.69 Å². The Bertz CT molecular complexity index is 686. The average Bonchev–Trinajstić information content (AvgIpc) is 2.44. The lowest BCUT2D eigenvalue weighted by Gasteiger charge is -2.18. The summed E-state index contributed by atoms with van der Waals surface area (Å²) in [6.07, 6.45) is 0. The molecule has 2 aromatic carbocycles. The summed E-state index contributed by atoms with van der Waals surface area (Å²) in [5, 5.41) is 0.243. The molecule has 0 aromatic heterocycles. The van der Waals surface area contributed by atoms with Gasteiger partial charge in [0.05, 0.1) is 30.8 Å². The number of halogens is 6. The number of nitrogens with zero attached hydrogens (tertiary/aromatic N) is 1. The summed E-state index contributed by atoms with van der Waals surface area (Å²) in [5.74, 6) is -0.472. The highest BCUT2D eigenvalue weighted by Crippen LogP contribution is 2.49. The lowest BCUT2D eigenvalue weighted by molar-refractivity contribution is 0.629. The van der Waals surface area contributed by atoms with Gasteiger partial charge in [-0.1, -0.05) is 70.1 Å². The molecular weight excluding hydrogens is 378 g/mol. The number of anilines is 1. The van der Waals surface area contributed by atoms with E-state index in [1.54, 1.807) is 37.2 Å². The first-order valence-electron chi connectivity index (χ1n) is 5.75. The Hall–Kier alpha value is -0.380. The predicted molar refractivity (Wildman–Crippen MR) is 91.2 cm³/mol. The van der Waals surface area contributed by atoms with Gasteiger partial charge in [-0.15, -0.1) is 0 Å². The Labute approximate surface area is 147 Å². The molecule has 0 amide bonds. The van der Waals surface area contributed by atoms with Crippen LogP contribution in [0.5, 0.6) is 0 Å². The highest BCUT2D eigenvalue weighted by molar-refractivity contribution is 6.56. The van der Waals surface area contributed by atoms with Crippen LogP contribution in [-0.2, 0) is 0 Å². The molecule has 0 saturated heterocycles. The summed E-state index contributed by atoms with van der Waals surface area (Å²) in [6, 6.07) is 4.88. The molecule has 0 N–H and O–H groups in total. The van der Waals surface area contributed by atoms with Crippen LogP contribution in [0.1, 0.15) is 0 Å². The van der Waals surface area contributed by atoms with Crippen LogP contribution >= 0.6 is 58.0 Å². The third kappa shape index (κ3) is 2.93. The molecular formula is C14H9Cl5FN. The highest BCUT2D eigenvalue weighted by atomic mass is 35.5. The Morgan fingerprint density at radius 3 is 1.76 bits per heavy atom. The van der Waals surface area contributed by atoms with Crippen LogP contribution in [0, 0.1) is 5.82 Å². The normalized spacial score (nSPS) is 10.9. The van der Waals surface area contributed by atoms with Crippen LogP contribution in [-0.4, -0.2) is 14.1 Å². The van der Waals surface area contributed by atoms with Crippen molar-refractivity contribution in [2.45, 2.75) is 0 Å². The zero-order chi connectivity index (χ0) is 15.9. The number of hydrogen-bond acceptors (Lipinski definition) is 1. The molecule has 0 fully saturated rings. The average molecular weight is 387 g/mol. The summed E-state index contributed by atoms with van der Waals surface area (Å²) in [6.45, 7) is 0. The molecule has 0 aliphatic rings. The minimum atomic E-state index is -0.472. The molecule has 0 aliphatic heterocycles. The van der Waals surface area contributed by atoms with Gasteiger partial charge in [0.1, 0.15) is 0 Å². The second-order valence-corrected chi connectivity index (χ2v) is 6.37. The monoisotopic (exact) mass is 385 g/mol. The van der Waals surface area contributed by atoms with Gasteiger partial charge in [-0.25, -0.2) is 4.39 Å². The molecule has 21 heavy (non-hydrogen) atoms. The lowest BCUT2D eigenvalue weighted by Crippen LogP contribution is -2.11. The van der Waals surface area contributed by atoms with Crippen molar-refractivity contribution in [2.24, 2.45) is 0 Å². The van der Waals surface area contributed by atoms with E-state index in [1.165, 1.54) is 0 Å². The summed E-state index contributed by atoms with van der Waals surface area (Å²) in [5.41, 5.74) is 0.817. The van der Waals surface area contributed by atoms with Gasteiger partial charge in [-0.3, -0.25) is 0 Å². The zero-order valence-corrected chi connectivity index (χ0v) is 14.7. The lowest BCUT2D eigenvalue weighted by atomic mass is 10.0. The molecule has 0 spiro atoms. The SMILES string of the molecule is CN(C)c1cccc(-c2c(Cl)c(Cl)c(Cl)c(Cl)c2Cl)c1F. The van der Waals surface area contributed by atoms with Gasteiger partial charge in [0.25, 0.3) is 0 Å². The molecule has 7 heteroatoms. The van der Waals surface area contributed by atoms with E-state index >= 15 is 0 Å². The fourth-order valence-corrected chi connectivity index (χ4v) is 3.24. The largest absolute Gasteiger partial charge is 0.375 e. The minimum absolute atomic E-state index is 0.0392. The smallest absolute Gasteiger partial charge is 0.154 e. The molecule has 112 valence electrons. The van der Waals surface area contributed by atoms with E-state index in [2.05, 4.69) is 0 Å². The van der Waals surface area contributed by atoms with Crippen molar-refractivity contribution in [3.8, 4) is 11.1 Å². The van der Waals surface area contributed by atoms with E-state index in [1.807, 2.05) is 0 Å². The van der Waals surface area contributed by atoms with E-state index in [-0.39, 0.29) is 36.2 Å². The van der Waals surface area contributed by atoms with Crippen LogP contribution in [0.2, 0.25) is 25.1 Å². The van der Waals surface area contributed by atoms with Gasteiger partial charge in [-0.2, -0.15) is 0 Å². The summed E-state index contributed by atoms with van der Waals surface area (Å²) < 4.78 is 14.7. The Kier molecular flexibility index (Phi) is 5.17. The third-order valence-electron chi connectivity index (χ3n) is 2.94. The quantitative estimate of drug-likeness (QED) is 0.403. The number of benzene rings is 2. The molecule has 2 rings (SSSR count). The molecule has 0 unspecified atom stereocenters. The molecule has 0 radical (unpaired) electrons. The van der Waals surface area contributed by atoms with Gasteiger partial charge in [0, 0.05) is 25.2 Å². The Balaban J connectivity index is 2.83. The zero-order valence-electron chi connectivity index (χ0n) is 10.9. The Morgan fingerprint density at radius 1 is 0.810 bits per heavy atom. The van der Waals surface area contributed by atoms with Crippen molar-refractivity contribution < 1.29 is 4.39 Å². The molecule has 0 heterocycles. The van der Waals surface area contributed by atoms with Crippen molar-refractivity contribution in [3.63, 3.8) is 0 Å². The predicted octanol–water partition coefficient (Wildman–Crippen LogP) is 6.83. The van der Waals surface area contributed by atoms with Gasteiger partial charge in [0.2, 0.25) is 0 Å². The Morgan fingerprint density at radius 2 is 1.29 bits per heavy atom. The van der Waals surface area contributed by atoms with Gasteiger partial charge in [-0.05, 0) is 6.07 Å². The molecule has 1 nitrogen and oxygen atoms in total. The fraction of sp³-hybridized carbons (Fsp3) is 0.143. The van der Waals surface area contributed by atoms with E-state index in [0.717, 1.165) is 0 Å². The topological polar surface area (TPSA) is 3.24 Å². The van der Waals surface area contributed by atoms with Gasteiger partial charge < -0.3 is 4.90 Å². The van der Waals surface area contributed by atoms with Crippen LogP contribution < -0.4 is 4.90 Å². The molecule has 2 aromatic rings. The highest BCUT2D eigenvalue weighted by Gasteiger charge is 2.23. The van der Waals surface area contributed by atoms with Crippen LogP contribution in [0.25, 0.3) is 11.1 Å². The van der Waals surface area contributed by atoms with Crippen LogP contribution in [0.4, 0.5) is 10.1 Å². The summed E-state index contributed by atoms with van der Waals surface area (Å²) in [7, 11) is 3.46. The van der Waals surface area contributed by atoms with Crippen molar-refractivity contribution in [2.75, 3.05) is 19.0 Å². The first-order valence-corrected chi connectivity index (χ1v) is 7.64. The van der Waals surface area contributed by atoms with Crippen molar-refractivity contribution in [3.05, 3.63) is 49.1 Å². The number of rotatable bonds is 2. The van der Waals surface area contributed by atoms with Gasteiger partial charge in [0.15, 0.2) is 5.82 Å². The first-order chi connectivity index (χ1) is 9.77. The molecule has 0 bridgehead atoms. The minimum Gasteiger partial charge on any atom is -0.375 e. The van der Waals surface area contributed by atoms with Crippen molar-refractivity contribution in [1.29, 1.82) is 0 Å². The van der Waals surface area contributed by atoms with Crippen LogP contribution in [0.15, 0.2) is 18.2 Å². The molecule has 0 saturated carbocycles. The summed E-state index contributed by atoms with van der Waals surface area (Å²) in [4.78, 5) is 1.64. The maximum absolute atomic E-state index is 14.7. The van der Waals surface area contributed by atoms with Crippen molar-refractivity contribution >= 4 is 63.7 Å². The fourth-order valence-electron chi connectivity index (χ4n) is 1.90. The summed E-state index contributed by atoms with van der Waals surface area (Å²) >= 11 is 30.3. The first kappa shape index (κ1) is 17.0. The number of hydrogen-bond donors (Lipinski definition) is 0.